The number of hydrogen-bond acceptors (Lipinski definition) is 5. The van der Waals surface area contributed by atoms with Gasteiger partial charge in [-0.1, -0.05) is 19.8 Å². The largest absolute Gasteiger partial charge is 0.368 e. The van der Waals surface area contributed by atoms with E-state index in [1.54, 1.807) is 0 Å². The highest BCUT2D eigenvalue weighted by Gasteiger charge is 2.50. The molecule has 0 amide bonds. The van der Waals surface area contributed by atoms with Gasteiger partial charge in [-0.25, -0.2) is 0 Å². The van der Waals surface area contributed by atoms with Crippen LogP contribution >= 0.6 is 9.47 Å². The SMILES string of the molecule is CCCCCC1(CC[C@H]2C(OP)CC3OC(O)CC32)OCCO1. The molecule has 0 radical (unpaired) electrons. The number of rotatable bonds is 8. The summed E-state index contributed by atoms with van der Waals surface area (Å²) in [6, 6.07) is 0. The minimum absolute atomic E-state index is 0.141. The molecular formula is C17H31O5P. The molecular weight excluding hydrogens is 315 g/mol. The minimum Gasteiger partial charge on any atom is -0.368 e. The van der Waals surface area contributed by atoms with E-state index in [2.05, 4.69) is 16.4 Å². The van der Waals surface area contributed by atoms with E-state index in [1.807, 2.05) is 0 Å². The third-order valence-corrected chi connectivity index (χ3v) is 6.13. The number of hydrogen-bond donors (Lipinski definition) is 1. The Morgan fingerprint density at radius 3 is 2.65 bits per heavy atom. The van der Waals surface area contributed by atoms with Gasteiger partial charge in [-0.2, -0.15) is 0 Å². The summed E-state index contributed by atoms with van der Waals surface area (Å²) in [5.74, 6) is 0.409. The third-order valence-electron chi connectivity index (χ3n) is 5.78. The Morgan fingerprint density at radius 2 is 1.96 bits per heavy atom. The van der Waals surface area contributed by atoms with Gasteiger partial charge >= 0.3 is 0 Å². The fourth-order valence-electron chi connectivity index (χ4n) is 4.60. The lowest BCUT2D eigenvalue weighted by Crippen LogP contribution is -2.33. The number of fused-ring (bicyclic) bond motifs is 1. The molecule has 1 N–H and O–H groups in total. The van der Waals surface area contributed by atoms with Crippen molar-refractivity contribution in [3.8, 4) is 0 Å². The zero-order chi connectivity index (χ0) is 16.3. The molecule has 5 unspecified atom stereocenters. The Hall–Kier alpha value is 0.230. The molecule has 6 heteroatoms. The van der Waals surface area contributed by atoms with E-state index < -0.39 is 12.1 Å². The molecule has 5 nitrogen and oxygen atoms in total. The van der Waals surface area contributed by atoms with Crippen LogP contribution in [0.1, 0.15) is 58.3 Å². The summed E-state index contributed by atoms with van der Waals surface area (Å²) < 4.78 is 23.2. The van der Waals surface area contributed by atoms with Crippen LogP contribution in [0.5, 0.6) is 0 Å². The summed E-state index contributed by atoms with van der Waals surface area (Å²) >= 11 is 0. The van der Waals surface area contributed by atoms with Crippen LogP contribution in [0, 0.1) is 11.8 Å². The van der Waals surface area contributed by atoms with Crippen molar-refractivity contribution in [2.75, 3.05) is 13.2 Å². The van der Waals surface area contributed by atoms with Gasteiger partial charge in [0.1, 0.15) is 0 Å². The van der Waals surface area contributed by atoms with Gasteiger partial charge in [-0.3, -0.25) is 0 Å². The van der Waals surface area contributed by atoms with Crippen molar-refractivity contribution in [2.45, 2.75) is 82.6 Å². The molecule has 6 atom stereocenters. The van der Waals surface area contributed by atoms with E-state index in [4.69, 9.17) is 18.7 Å². The van der Waals surface area contributed by atoms with Crippen LogP contribution in [0.25, 0.3) is 0 Å². The van der Waals surface area contributed by atoms with Gasteiger partial charge in [-0.15, -0.1) is 0 Å². The third kappa shape index (κ3) is 4.08. The molecule has 2 saturated heterocycles. The van der Waals surface area contributed by atoms with Gasteiger partial charge in [0.15, 0.2) is 12.1 Å². The molecule has 0 aromatic rings. The lowest BCUT2D eigenvalue weighted by Gasteiger charge is -2.31. The Morgan fingerprint density at radius 1 is 1.17 bits per heavy atom. The molecule has 0 spiro atoms. The van der Waals surface area contributed by atoms with Crippen LogP contribution in [0.3, 0.4) is 0 Å². The van der Waals surface area contributed by atoms with Gasteiger partial charge in [0, 0.05) is 35.2 Å². The summed E-state index contributed by atoms with van der Waals surface area (Å²) in [7, 11) is 2.40. The van der Waals surface area contributed by atoms with Crippen LogP contribution < -0.4 is 0 Å². The Balaban J connectivity index is 1.58. The van der Waals surface area contributed by atoms with Crippen LogP contribution in [-0.2, 0) is 18.7 Å². The van der Waals surface area contributed by atoms with Gasteiger partial charge < -0.3 is 23.8 Å². The van der Waals surface area contributed by atoms with Gasteiger partial charge in [0.2, 0.25) is 0 Å². The normalized spacial score (nSPS) is 39.0. The van der Waals surface area contributed by atoms with E-state index in [0.717, 1.165) is 38.5 Å². The van der Waals surface area contributed by atoms with Gasteiger partial charge in [0.25, 0.3) is 0 Å². The summed E-state index contributed by atoms with van der Waals surface area (Å²) in [5.41, 5.74) is 0. The van der Waals surface area contributed by atoms with E-state index in [9.17, 15) is 5.11 Å². The summed E-state index contributed by atoms with van der Waals surface area (Å²) in [6.07, 6.45) is 7.80. The zero-order valence-corrected chi connectivity index (χ0v) is 15.3. The lowest BCUT2D eigenvalue weighted by molar-refractivity contribution is -0.171. The van der Waals surface area contributed by atoms with Gasteiger partial charge in [-0.05, 0) is 24.7 Å². The van der Waals surface area contributed by atoms with E-state index >= 15 is 0 Å². The van der Waals surface area contributed by atoms with E-state index in [-0.39, 0.29) is 12.2 Å². The van der Waals surface area contributed by atoms with Crippen molar-refractivity contribution in [3.05, 3.63) is 0 Å². The highest BCUT2D eigenvalue weighted by molar-refractivity contribution is 7.09. The predicted octanol–water partition coefficient (Wildman–Crippen LogP) is 3.01. The first-order valence-corrected chi connectivity index (χ1v) is 9.61. The van der Waals surface area contributed by atoms with Crippen LogP contribution in [0.15, 0.2) is 0 Å². The molecule has 134 valence electrons. The van der Waals surface area contributed by atoms with Crippen molar-refractivity contribution >= 4 is 9.47 Å². The summed E-state index contributed by atoms with van der Waals surface area (Å²) in [4.78, 5) is 0. The molecule has 1 saturated carbocycles. The molecule has 3 fully saturated rings. The molecule has 3 rings (SSSR count). The summed E-state index contributed by atoms with van der Waals surface area (Å²) in [5, 5.41) is 9.77. The fourth-order valence-corrected chi connectivity index (χ4v) is 4.91. The highest BCUT2D eigenvalue weighted by atomic mass is 31.0. The summed E-state index contributed by atoms with van der Waals surface area (Å²) in [6.45, 7) is 3.62. The average Bonchev–Trinajstić information content (AvgIpc) is 3.20. The topological polar surface area (TPSA) is 57.2 Å². The predicted molar refractivity (Wildman–Crippen MR) is 89.7 cm³/mol. The maximum Gasteiger partial charge on any atom is 0.168 e. The minimum atomic E-state index is -0.601. The van der Waals surface area contributed by atoms with Crippen molar-refractivity contribution in [1.82, 2.24) is 0 Å². The average molecular weight is 346 g/mol. The van der Waals surface area contributed by atoms with Crippen molar-refractivity contribution in [1.29, 1.82) is 0 Å². The molecule has 0 aromatic carbocycles. The Bertz CT molecular complexity index is 374. The molecule has 2 heterocycles. The molecule has 23 heavy (non-hydrogen) atoms. The molecule has 0 bridgehead atoms. The zero-order valence-electron chi connectivity index (χ0n) is 14.1. The Kier molecular flexibility index (Phi) is 6.33. The molecule has 2 aliphatic heterocycles. The quantitative estimate of drug-likeness (QED) is 0.541. The maximum atomic E-state index is 9.77. The number of ether oxygens (including phenoxy) is 3. The Labute approximate surface area is 141 Å². The standard InChI is InChI=1S/C17H31O5P/c1-2-3-4-6-17(19-8-9-20-17)7-5-12-13-10-16(18)21-14(13)11-15(12)22-23/h12-16,18H,2-11,23H2,1H3/t12-,13?,14?,15?,16?/m1/s1. The molecule has 0 aromatic heterocycles. The first-order chi connectivity index (χ1) is 11.2. The first kappa shape index (κ1) is 18.0. The van der Waals surface area contributed by atoms with Gasteiger partial charge in [0.05, 0.1) is 25.4 Å². The second-order valence-electron chi connectivity index (χ2n) is 7.21. The molecule has 3 aliphatic rings. The monoisotopic (exact) mass is 346 g/mol. The first-order valence-electron chi connectivity index (χ1n) is 9.14. The van der Waals surface area contributed by atoms with Crippen molar-refractivity contribution < 1.29 is 23.8 Å². The van der Waals surface area contributed by atoms with Crippen LogP contribution in [0.4, 0.5) is 0 Å². The second-order valence-corrected chi connectivity index (χ2v) is 7.48. The maximum absolute atomic E-state index is 9.77. The fraction of sp³-hybridized carbons (Fsp3) is 1.00. The van der Waals surface area contributed by atoms with Crippen molar-refractivity contribution in [2.24, 2.45) is 11.8 Å². The van der Waals surface area contributed by atoms with E-state index in [1.165, 1.54) is 12.8 Å². The molecule has 1 aliphatic carbocycles. The highest BCUT2D eigenvalue weighted by Crippen LogP contribution is 2.47. The van der Waals surface area contributed by atoms with E-state index in [0.29, 0.717) is 25.0 Å². The van der Waals surface area contributed by atoms with Crippen LogP contribution in [0.2, 0.25) is 0 Å². The number of aliphatic hydroxyl groups excluding tert-OH is 1. The smallest absolute Gasteiger partial charge is 0.168 e. The lowest BCUT2D eigenvalue weighted by atomic mass is 9.86. The van der Waals surface area contributed by atoms with Crippen molar-refractivity contribution in [3.63, 3.8) is 0 Å². The second kappa shape index (κ2) is 8.07. The number of unbranched alkanes of at least 4 members (excludes halogenated alkanes) is 2. The number of aliphatic hydroxyl groups is 1. The van der Waals surface area contributed by atoms with Crippen LogP contribution in [-0.4, -0.2) is 42.6 Å².